The van der Waals surface area contributed by atoms with Crippen LogP contribution >= 0.6 is 11.6 Å². The molecular weight excluding hydrogens is 492 g/mol. The first-order chi connectivity index (χ1) is 17.9. The molecule has 0 saturated carbocycles. The number of phenols is 1. The Balaban J connectivity index is 1.63. The first kappa shape index (κ1) is 24.8. The molecule has 2 unspecified atom stereocenters. The summed E-state index contributed by atoms with van der Waals surface area (Å²) >= 11 is 6.39. The third-order valence-corrected chi connectivity index (χ3v) is 7.16. The summed E-state index contributed by atoms with van der Waals surface area (Å²) in [6.07, 6.45) is 0.907. The van der Waals surface area contributed by atoms with Crippen molar-refractivity contribution in [3.8, 4) is 23.0 Å². The lowest BCUT2D eigenvalue weighted by Crippen LogP contribution is -2.27. The van der Waals surface area contributed by atoms with E-state index >= 15 is 0 Å². The summed E-state index contributed by atoms with van der Waals surface area (Å²) in [6.45, 7) is 2.20. The number of hydrogen-bond acceptors (Lipinski definition) is 7. The molecule has 0 radical (unpaired) electrons. The van der Waals surface area contributed by atoms with E-state index in [4.69, 9.17) is 25.8 Å². The van der Waals surface area contributed by atoms with Crippen molar-refractivity contribution in [2.75, 3.05) is 31.5 Å². The SMILES string of the molecule is CCOc1cc(C2Nc3ccccc3NC3=C2C(=O)CC(c2cc(OC)ccc2OC)C3)cc(Cl)c1O. The summed E-state index contributed by atoms with van der Waals surface area (Å²) in [5.74, 6) is 1.51. The lowest BCUT2D eigenvalue weighted by Gasteiger charge is -2.31. The van der Waals surface area contributed by atoms with Crippen molar-refractivity contribution in [1.29, 1.82) is 0 Å². The van der Waals surface area contributed by atoms with E-state index in [2.05, 4.69) is 10.6 Å². The highest BCUT2D eigenvalue weighted by Gasteiger charge is 2.37. The Bertz CT molecular complexity index is 1390. The minimum Gasteiger partial charge on any atom is -0.503 e. The monoisotopic (exact) mass is 520 g/mol. The van der Waals surface area contributed by atoms with Gasteiger partial charge in [-0.05, 0) is 61.4 Å². The Morgan fingerprint density at radius 3 is 2.51 bits per heavy atom. The van der Waals surface area contributed by atoms with Gasteiger partial charge in [0.2, 0.25) is 0 Å². The number of rotatable bonds is 6. The molecule has 2 atom stereocenters. The molecule has 1 aliphatic heterocycles. The second-order valence-electron chi connectivity index (χ2n) is 9.06. The van der Waals surface area contributed by atoms with Crippen molar-refractivity contribution < 1.29 is 24.1 Å². The van der Waals surface area contributed by atoms with Crippen molar-refractivity contribution in [3.05, 3.63) is 82.0 Å². The maximum Gasteiger partial charge on any atom is 0.176 e. The molecular formula is C29H29ClN2O5. The second kappa shape index (κ2) is 10.3. The number of ether oxygens (including phenoxy) is 3. The van der Waals surface area contributed by atoms with E-state index in [1.54, 1.807) is 26.4 Å². The normalized spacial score (nSPS) is 18.6. The number of benzene rings is 3. The third-order valence-electron chi connectivity index (χ3n) is 6.87. The molecule has 1 heterocycles. The number of hydrogen-bond donors (Lipinski definition) is 3. The summed E-state index contributed by atoms with van der Waals surface area (Å²) in [5.41, 5.74) is 4.85. The van der Waals surface area contributed by atoms with Crippen molar-refractivity contribution in [3.63, 3.8) is 0 Å². The van der Waals surface area contributed by atoms with Gasteiger partial charge in [0.05, 0.1) is 43.3 Å². The standard InChI is InChI=1S/C29H29ClN2O5/c1-4-37-26-14-17(11-20(30)29(26)34)28-27-23(31-21-7-5-6-8-22(21)32-28)12-16(13-24(27)33)19-15-18(35-2)9-10-25(19)36-3/h5-11,14-16,28,31-32,34H,4,12-13H2,1-3H3. The van der Waals surface area contributed by atoms with Gasteiger partial charge >= 0.3 is 0 Å². The Morgan fingerprint density at radius 1 is 1.00 bits per heavy atom. The third kappa shape index (κ3) is 4.67. The predicted molar refractivity (Wildman–Crippen MR) is 144 cm³/mol. The quantitative estimate of drug-likeness (QED) is 0.344. The Labute approximate surface area is 221 Å². The molecule has 1 aliphatic carbocycles. The molecule has 0 fully saturated rings. The zero-order valence-electron chi connectivity index (χ0n) is 20.9. The van der Waals surface area contributed by atoms with Crippen LogP contribution in [0.15, 0.2) is 65.9 Å². The maximum atomic E-state index is 13.9. The summed E-state index contributed by atoms with van der Waals surface area (Å²) in [5, 5.41) is 17.6. The molecule has 3 aromatic carbocycles. The minimum atomic E-state index is -0.496. The van der Waals surface area contributed by atoms with Gasteiger partial charge in [0, 0.05) is 29.2 Å². The molecule has 0 aromatic heterocycles. The lowest BCUT2D eigenvalue weighted by atomic mass is 9.78. The average Bonchev–Trinajstić information content (AvgIpc) is 3.07. The van der Waals surface area contributed by atoms with Crippen LogP contribution in [0.3, 0.4) is 0 Å². The number of methoxy groups -OCH3 is 2. The Morgan fingerprint density at radius 2 is 1.78 bits per heavy atom. The number of phenolic OH excluding ortho intramolecular Hbond substituents is 1. The fourth-order valence-electron chi connectivity index (χ4n) is 5.15. The number of carbonyl (C=O) groups is 1. The van der Waals surface area contributed by atoms with E-state index in [-0.39, 0.29) is 28.2 Å². The van der Waals surface area contributed by atoms with Gasteiger partial charge in [-0.3, -0.25) is 4.79 Å². The van der Waals surface area contributed by atoms with Crippen molar-refractivity contribution in [1.82, 2.24) is 0 Å². The highest BCUT2D eigenvalue weighted by atomic mass is 35.5. The number of allylic oxidation sites excluding steroid dienone is 1. The molecule has 8 heteroatoms. The van der Waals surface area contributed by atoms with E-state index in [0.29, 0.717) is 30.8 Å². The van der Waals surface area contributed by atoms with Gasteiger partial charge in [0.25, 0.3) is 0 Å². The van der Waals surface area contributed by atoms with Crippen molar-refractivity contribution in [2.45, 2.75) is 31.7 Å². The zero-order valence-corrected chi connectivity index (χ0v) is 21.7. The molecule has 3 N–H and O–H groups in total. The van der Waals surface area contributed by atoms with Crippen molar-refractivity contribution >= 4 is 28.8 Å². The van der Waals surface area contributed by atoms with E-state index in [9.17, 15) is 9.90 Å². The van der Waals surface area contributed by atoms with Crippen LogP contribution in [0.5, 0.6) is 23.0 Å². The van der Waals surface area contributed by atoms with E-state index in [1.165, 1.54) is 0 Å². The van der Waals surface area contributed by atoms with Gasteiger partial charge in [0.1, 0.15) is 11.5 Å². The topological polar surface area (TPSA) is 89.1 Å². The van der Waals surface area contributed by atoms with E-state index in [1.807, 2.05) is 49.4 Å². The molecule has 0 amide bonds. The smallest absolute Gasteiger partial charge is 0.176 e. The molecule has 2 aliphatic rings. The summed E-state index contributed by atoms with van der Waals surface area (Å²) in [6, 6.07) is 16.4. The number of carbonyl (C=O) groups excluding carboxylic acids is 1. The summed E-state index contributed by atoms with van der Waals surface area (Å²) < 4.78 is 16.7. The number of anilines is 2. The number of nitrogens with one attached hydrogen (secondary N) is 2. The van der Waals surface area contributed by atoms with Gasteiger partial charge in [0.15, 0.2) is 17.3 Å². The van der Waals surface area contributed by atoms with Crippen LogP contribution < -0.4 is 24.8 Å². The van der Waals surface area contributed by atoms with E-state index < -0.39 is 6.04 Å². The fraction of sp³-hybridized carbons (Fsp3) is 0.276. The van der Waals surface area contributed by atoms with Crippen LogP contribution in [-0.2, 0) is 4.79 Å². The highest BCUT2D eigenvalue weighted by Crippen LogP contribution is 2.47. The Kier molecular flexibility index (Phi) is 6.89. The lowest BCUT2D eigenvalue weighted by molar-refractivity contribution is -0.116. The van der Waals surface area contributed by atoms with Gasteiger partial charge in [-0.2, -0.15) is 0 Å². The number of fused-ring (bicyclic) bond motifs is 1. The zero-order chi connectivity index (χ0) is 26.1. The first-order valence-corrected chi connectivity index (χ1v) is 12.6. The predicted octanol–water partition coefficient (Wildman–Crippen LogP) is 6.44. The molecule has 37 heavy (non-hydrogen) atoms. The van der Waals surface area contributed by atoms with Crippen LogP contribution in [0.2, 0.25) is 5.02 Å². The number of halogens is 1. The number of para-hydroxylation sites is 2. The highest BCUT2D eigenvalue weighted by molar-refractivity contribution is 6.32. The van der Waals surface area contributed by atoms with Crippen molar-refractivity contribution in [2.24, 2.45) is 0 Å². The molecule has 7 nitrogen and oxygen atoms in total. The van der Waals surface area contributed by atoms with Gasteiger partial charge in [-0.1, -0.05) is 23.7 Å². The van der Waals surface area contributed by atoms with Crippen LogP contribution in [0.4, 0.5) is 11.4 Å². The van der Waals surface area contributed by atoms with Crippen LogP contribution in [0, 0.1) is 0 Å². The molecule has 0 spiro atoms. The number of Topliss-reactive ketones (excluding diaryl/α,β-unsaturated/α-hetero) is 1. The largest absolute Gasteiger partial charge is 0.503 e. The van der Waals surface area contributed by atoms with Crippen LogP contribution in [0.25, 0.3) is 0 Å². The number of aromatic hydroxyl groups is 1. The summed E-state index contributed by atoms with van der Waals surface area (Å²) in [4.78, 5) is 13.9. The fourth-order valence-corrected chi connectivity index (χ4v) is 5.37. The number of ketones is 1. The second-order valence-corrected chi connectivity index (χ2v) is 9.47. The maximum absolute atomic E-state index is 13.9. The molecule has 192 valence electrons. The summed E-state index contributed by atoms with van der Waals surface area (Å²) in [7, 11) is 3.25. The van der Waals surface area contributed by atoms with Gasteiger partial charge < -0.3 is 30.0 Å². The van der Waals surface area contributed by atoms with Gasteiger partial charge in [-0.15, -0.1) is 0 Å². The van der Waals surface area contributed by atoms with Crippen LogP contribution in [0.1, 0.15) is 42.9 Å². The molecule has 0 saturated heterocycles. The molecule has 0 bridgehead atoms. The minimum absolute atomic E-state index is 0.0103. The Hall–Kier alpha value is -3.84. The van der Waals surface area contributed by atoms with E-state index in [0.717, 1.165) is 33.9 Å². The molecule has 5 rings (SSSR count). The van der Waals surface area contributed by atoms with Crippen LogP contribution in [-0.4, -0.2) is 31.7 Å². The van der Waals surface area contributed by atoms with Gasteiger partial charge in [-0.25, -0.2) is 0 Å². The average molecular weight is 521 g/mol. The first-order valence-electron chi connectivity index (χ1n) is 12.2. The molecule has 3 aromatic rings.